The SMILES string of the molecule is CCCC=CCOc1ccccc1O. The Kier molecular flexibility index (Phi) is 4.62. The Morgan fingerprint density at radius 2 is 2.07 bits per heavy atom. The van der Waals surface area contributed by atoms with Gasteiger partial charge in [-0.2, -0.15) is 0 Å². The second-order valence-corrected chi connectivity index (χ2v) is 3.04. The zero-order valence-electron chi connectivity index (χ0n) is 8.44. The molecule has 0 aliphatic carbocycles. The van der Waals surface area contributed by atoms with Crippen LogP contribution in [-0.2, 0) is 0 Å². The van der Waals surface area contributed by atoms with Gasteiger partial charge < -0.3 is 9.84 Å². The van der Waals surface area contributed by atoms with E-state index in [9.17, 15) is 5.11 Å². The van der Waals surface area contributed by atoms with Gasteiger partial charge in [0, 0.05) is 0 Å². The van der Waals surface area contributed by atoms with E-state index in [4.69, 9.17) is 4.74 Å². The predicted octanol–water partition coefficient (Wildman–Crippen LogP) is 3.13. The molecule has 14 heavy (non-hydrogen) atoms. The molecule has 0 saturated heterocycles. The summed E-state index contributed by atoms with van der Waals surface area (Å²) in [4.78, 5) is 0. The van der Waals surface area contributed by atoms with Crippen molar-refractivity contribution in [2.24, 2.45) is 0 Å². The number of ether oxygens (including phenoxy) is 1. The standard InChI is InChI=1S/C12H16O2/c1-2-3-4-7-10-14-12-9-6-5-8-11(12)13/h4-9,13H,2-3,10H2,1H3. The molecule has 0 saturated carbocycles. The Morgan fingerprint density at radius 3 is 2.79 bits per heavy atom. The normalized spacial score (nSPS) is 10.6. The minimum Gasteiger partial charge on any atom is -0.504 e. The monoisotopic (exact) mass is 192 g/mol. The maximum atomic E-state index is 9.36. The van der Waals surface area contributed by atoms with Crippen molar-refractivity contribution in [1.82, 2.24) is 0 Å². The third-order valence-corrected chi connectivity index (χ3v) is 1.82. The molecule has 1 rings (SSSR count). The lowest BCUT2D eigenvalue weighted by Gasteiger charge is -2.04. The molecule has 0 heterocycles. The second kappa shape index (κ2) is 6.08. The van der Waals surface area contributed by atoms with E-state index in [0.717, 1.165) is 12.8 Å². The van der Waals surface area contributed by atoms with Crippen LogP contribution in [0, 0.1) is 0 Å². The first kappa shape index (κ1) is 10.6. The molecule has 0 aliphatic rings. The molecule has 1 aromatic carbocycles. The maximum Gasteiger partial charge on any atom is 0.161 e. The molecule has 0 aliphatic heterocycles. The first-order valence-electron chi connectivity index (χ1n) is 4.90. The van der Waals surface area contributed by atoms with Crippen LogP contribution in [0.5, 0.6) is 11.5 Å². The fraction of sp³-hybridized carbons (Fsp3) is 0.333. The van der Waals surface area contributed by atoms with Gasteiger partial charge in [0.15, 0.2) is 11.5 Å². The van der Waals surface area contributed by atoms with E-state index in [-0.39, 0.29) is 5.75 Å². The van der Waals surface area contributed by atoms with Gasteiger partial charge in [-0.15, -0.1) is 0 Å². The van der Waals surface area contributed by atoms with Crippen LogP contribution in [0.4, 0.5) is 0 Å². The van der Waals surface area contributed by atoms with E-state index in [1.54, 1.807) is 18.2 Å². The first-order chi connectivity index (χ1) is 6.84. The summed E-state index contributed by atoms with van der Waals surface area (Å²) in [7, 11) is 0. The predicted molar refractivity (Wildman–Crippen MR) is 57.6 cm³/mol. The van der Waals surface area contributed by atoms with Crippen LogP contribution in [0.1, 0.15) is 19.8 Å². The lowest BCUT2D eigenvalue weighted by atomic mass is 10.3. The molecule has 2 heteroatoms. The van der Waals surface area contributed by atoms with Gasteiger partial charge in [-0.05, 0) is 18.6 Å². The third kappa shape index (κ3) is 3.52. The van der Waals surface area contributed by atoms with Crippen molar-refractivity contribution in [3.05, 3.63) is 36.4 Å². The summed E-state index contributed by atoms with van der Waals surface area (Å²) in [5, 5.41) is 9.36. The van der Waals surface area contributed by atoms with E-state index in [1.807, 2.05) is 12.1 Å². The zero-order chi connectivity index (χ0) is 10.2. The number of aromatic hydroxyl groups is 1. The second-order valence-electron chi connectivity index (χ2n) is 3.04. The topological polar surface area (TPSA) is 29.5 Å². The number of benzene rings is 1. The molecule has 0 bridgehead atoms. The van der Waals surface area contributed by atoms with E-state index < -0.39 is 0 Å². The van der Waals surface area contributed by atoms with Crippen LogP contribution in [0.2, 0.25) is 0 Å². The summed E-state index contributed by atoms with van der Waals surface area (Å²) >= 11 is 0. The number of unbranched alkanes of at least 4 members (excludes halogenated alkanes) is 1. The van der Waals surface area contributed by atoms with Crippen molar-refractivity contribution < 1.29 is 9.84 Å². The van der Waals surface area contributed by atoms with Crippen molar-refractivity contribution >= 4 is 0 Å². The summed E-state index contributed by atoms with van der Waals surface area (Å²) in [5.74, 6) is 0.727. The van der Waals surface area contributed by atoms with Gasteiger partial charge in [-0.3, -0.25) is 0 Å². The number of phenols is 1. The highest BCUT2D eigenvalue weighted by Crippen LogP contribution is 2.23. The minimum atomic E-state index is 0.191. The van der Waals surface area contributed by atoms with Crippen LogP contribution in [-0.4, -0.2) is 11.7 Å². The van der Waals surface area contributed by atoms with Crippen LogP contribution in [0.25, 0.3) is 0 Å². The van der Waals surface area contributed by atoms with Crippen molar-refractivity contribution in [3.63, 3.8) is 0 Å². The maximum absolute atomic E-state index is 9.36. The molecule has 0 spiro atoms. The molecule has 0 aromatic heterocycles. The molecule has 0 amide bonds. The molecule has 76 valence electrons. The summed E-state index contributed by atoms with van der Waals surface area (Å²) in [6, 6.07) is 6.98. The molecule has 1 N–H and O–H groups in total. The molecule has 0 unspecified atom stereocenters. The van der Waals surface area contributed by atoms with Crippen LogP contribution in [0.3, 0.4) is 0 Å². The number of phenolic OH excluding ortho intramolecular Hbond substituents is 1. The van der Waals surface area contributed by atoms with E-state index in [1.165, 1.54) is 0 Å². The van der Waals surface area contributed by atoms with Gasteiger partial charge in [0.05, 0.1) is 0 Å². The number of allylic oxidation sites excluding steroid dienone is 1. The third-order valence-electron chi connectivity index (χ3n) is 1.82. The Labute approximate surface area is 84.8 Å². The van der Waals surface area contributed by atoms with E-state index in [0.29, 0.717) is 12.4 Å². The van der Waals surface area contributed by atoms with Crippen molar-refractivity contribution in [3.8, 4) is 11.5 Å². The number of para-hydroxylation sites is 2. The Bertz CT molecular complexity index is 292. The summed E-state index contributed by atoms with van der Waals surface area (Å²) < 4.78 is 5.35. The number of rotatable bonds is 5. The summed E-state index contributed by atoms with van der Waals surface area (Å²) in [6.07, 6.45) is 6.27. The quantitative estimate of drug-likeness (QED) is 0.726. The van der Waals surface area contributed by atoms with Gasteiger partial charge in [0.1, 0.15) is 6.61 Å². The van der Waals surface area contributed by atoms with Crippen molar-refractivity contribution in [1.29, 1.82) is 0 Å². The van der Waals surface area contributed by atoms with Gasteiger partial charge in [-0.25, -0.2) is 0 Å². The highest BCUT2D eigenvalue weighted by Gasteiger charge is 1.97. The zero-order valence-corrected chi connectivity index (χ0v) is 8.44. The van der Waals surface area contributed by atoms with Crippen molar-refractivity contribution in [2.45, 2.75) is 19.8 Å². The molecule has 1 aromatic rings. The molecule has 0 atom stereocenters. The lowest BCUT2D eigenvalue weighted by molar-refractivity contribution is 0.336. The van der Waals surface area contributed by atoms with Gasteiger partial charge >= 0.3 is 0 Å². The van der Waals surface area contributed by atoms with Crippen molar-refractivity contribution in [2.75, 3.05) is 6.61 Å². The highest BCUT2D eigenvalue weighted by molar-refractivity contribution is 5.37. The Morgan fingerprint density at radius 1 is 1.29 bits per heavy atom. The Balaban J connectivity index is 2.35. The van der Waals surface area contributed by atoms with Gasteiger partial charge in [0.25, 0.3) is 0 Å². The minimum absolute atomic E-state index is 0.191. The highest BCUT2D eigenvalue weighted by atomic mass is 16.5. The van der Waals surface area contributed by atoms with Crippen LogP contribution < -0.4 is 4.74 Å². The van der Waals surface area contributed by atoms with Gasteiger partial charge in [-0.1, -0.05) is 37.6 Å². The summed E-state index contributed by atoms with van der Waals surface area (Å²) in [5.41, 5.74) is 0. The lowest BCUT2D eigenvalue weighted by Crippen LogP contribution is -1.93. The molecule has 2 nitrogen and oxygen atoms in total. The van der Waals surface area contributed by atoms with E-state index in [2.05, 4.69) is 13.0 Å². The smallest absolute Gasteiger partial charge is 0.161 e. The molecular formula is C12H16O2. The first-order valence-corrected chi connectivity index (χ1v) is 4.90. The van der Waals surface area contributed by atoms with Gasteiger partial charge in [0.2, 0.25) is 0 Å². The number of hydrogen-bond acceptors (Lipinski definition) is 2. The average Bonchev–Trinajstić information content (AvgIpc) is 2.20. The molecule has 0 fully saturated rings. The van der Waals surface area contributed by atoms with Crippen LogP contribution >= 0.6 is 0 Å². The number of hydrogen-bond donors (Lipinski definition) is 1. The summed E-state index contributed by atoms with van der Waals surface area (Å²) in [6.45, 7) is 2.64. The largest absolute Gasteiger partial charge is 0.504 e. The molecule has 0 radical (unpaired) electrons. The fourth-order valence-electron chi connectivity index (χ4n) is 1.07. The van der Waals surface area contributed by atoms with Crippen LogP contribution in [0.15, 0.2) is 36.4 Å². The average molecular weight is 192 g/mol. The van der Waals surface area contributed by atoms with E-state index >= 15 is 0 Å². The fourth-order valence-corrected chi connectivity index (χ4v) is 1.07. The Hall–Kier alpha value is -1.44. The molecular weight excluding hydrogens is 176 g/mol.